The van der Waals surface area contributed by atoms with Crippen molar-refractivity contribution in [3.8, 4) is 0 Å². The number of nitrogens with one attached hydrogen (secondary N) is 1. The molecule has 0 radical (unpaired) electrons. The quantitative estimate of drug-likeness (QED) is 0.752. The van der Waals surface area contributed by atoms with E-state index < -0.39 is 0 Å². The van der Waals surface area contributed by atoms with Crippen molar-refractivity contribution in [2.45, 2.75) is 45.2 Å². The minimum Gasteiger partial charge on any atom is -0.377 e. The predicted molar refractivity (Wildman–Crippen MR) is 97.3 cm³/mol. The van der Waals surface area contributed by atoms with Crippen LogP contribution in [-0.2, 0) is 13.0 Å². The highest BCUT2D eigenvalue weighted by Crippen LogP contribution is 2.37. The van der Waals surface area contributed by atoms with E-state index in [1.165, 1.54) is 26.2 Å². The Bertz CT molecular complexity index is 692. The van der Waals surface area contributed by atoms with Gasteiger partial charge in [-0.25, -0.2) is 0 Å². The lowest BCUT2D eigenvalue weighted by Gasteiger charge is -2.25. The van der Waals surface area contributed by atoms with Gasteiger partial charge in [0.25, 0.3) is 5.56 Å². The highest BCUT2D eigenvalue weighted by Gasteiger charge is 2.22. The topological polar surface area (TPSA) is 34.0 Å². The second-order valence-corrected chi connectivity index (χ2v) is 8.50. The zero-order valence-electron chi connectivity index (χ0n) is 12.1. The number of hydrogen-bond donors (Lipinski definition) is 1. The lowest BCUT2D eigenvalue weighted by molar-refractivity contribution is 0.605. The lowest BCUT2D eigenvalue weighted by atomic mass is 9.94. The molecule has 0 fully saturated rings. The van der Waals surface area contributed by atoms with Gasteiger partial charge in [-0.3, -0.25) is 4.79 Å². The largest absolute Gasteiger partial charge is 0.377 e. The fraction of sp³-hybridized carbons (Fsp3) is 0.438. The van der Waals surface area contributed by atoms with Gasteiger partial charge in [-0.1, -0.05) is 6.92 Å². The van der Waals surface area contributed by atoms with E-state index in [2.05, 4.69) is 40.9 Å². The van der Waals surface area contributed by atoms with Gasteiger partial charge in [0.2, 0.25) is 0 Å². The number of pyridine rings is 1. The van der Waals surface area contributed by atoms with Crippen LogP contribution in [-0.4, -0.2) is 4.57 Å². The first-order valence-corrected chi connectivity index (χ1v) is 9.32. The first kappa shape index (κ1) is 15.1. The molecule has 1 aliphatic rings. The Hall–Kier alpha value is -0.820. The molecular weight excluding hydrogens is 395 g/mol. The molecule has 2 heterocycles. The molecule has 112 valence electrons. The zero-order chi connectivity index (χ0) is 14.8. The summed E-state index contributed by atoms with van der Waals surface area (Å²) in [4.78, 5) is 13.3. The zero-order valence-corrected chi connectivity index (χ0v) is 15.0. The maximum absolute atomic E-state index is 11.8. The summed E-state index contributed by atoms with van der Waals surface area (Å²) < 4.78 is 3.16. The number of anilines is 1. The number of aryl methyl sites for hydroxylation is 2. The van der Waals surface area contributed by atoms with Crippen molar-refractivity contribution in [3.63, 3.8) is 0 Å². The third-order valence-electron chi connectivity index (χ3n) is 3.87. The predicted octanol–water partition coefficient (Wildman–Crippen LogP) is 4.41. The second kappa shape index (κ2) is 6.52. The van der Waals surface area contributed by atoms with Crippen LogP contribution in [0, 0.1) is 2.88 Å². The average molecular weight is 414 g/mol. The molecule has 2 aromatic heterocycles. The van der Waals surface area contributed by atoms with Gasteiger partial charge >= 0.3 is 0 Å². The molecule has 1 unspecified atom stereocenters. The Morgan fingerprint density at radius 3 is 3.14 bits per heavy atom. The third kappa shape index (κ3) is 3.34. The maximum Gasteiger partial charge on any atom is 0.250 e. The number of hydrogen-bond acceptors (Lipinski definition) is 3. The Balaban J connectivity index is 1.84. The molecule has 0 amide bonds. The number of fused-ring (bicyclic) bond motifs is 1. The van der Waals surface area contributed by atoms with E-state index in [0.717, 1.165) is 25.1 Å². The summed E-state index contributed by atoms with van der Waals surface area (Å²) in [7, 11) is 0. The summed E-state index contributed by atoms with van der Waals surface area (Å²) in [5, 5.41) is 3.62. The Morgan fingerprint density at radius 2 is 2.33 bits per heavy atom. The van der Waals surface area contributed by atoms with Gasteiger partial charge in [0.15, 0.2) is 0 Å². The highest BCUT2D eigenvalue weighted by atomic mass is 127. The monoisotopic (exact) mass is 414 g/mol. The van der Waals surface area contributed by atoms with Crippen molar-refractivity contribution >= 4 is 39.6 Å². The molecule has 3 nitrogen and oxygen atoms in total. The number of rotatable bonds is 4. The first-order valence-electron chi connectivity index (χ1n) is 7.42. The van der Waals surface area contributed by atoms with Crippen LogP contribution in [0.1, 0.15) is 42.7 Å². The van der Waals surface area contributed by atoms with Crippen LogP contribution in [0.3, 0.4) is 0 Å². The van der Waals surface area contributed by atoms with Gasteiger partial charge in [0.1, 0.15) is 0 Å². The van der Waals surface area contributed by atoms with Crippen molar-refractivity contribution in [1.82, 2.24) is 4.57 Å². The van der Waals surface area contributed by atoms with Crippen LogP contribution < -0.4 is 10.9 Å². The Kier molecular flexibility index (Phi) is 4.69. The molecule has 0 bridgehead atoms. The van der Waals surface area contributed by atoms with Crippen molar-refractivity contribution < 1.29 is 0 Å². The lowest BCUT2D eigenvalue weighted by Crippen LogP contribution is -2.21. The van der Waals surface area contributed by atoms with E-state index in [1.807, 2.05) is 23.6 Å². The van der Waals surface area contributed by atoms with Gasteiger partial charge in [0, 0.05) is 23.7 Å². The SMILES string of the molecule is CCCn1cc(NC2CCCc3sc(I)cc32)ccc1=O. The fourth-order valence-electron chi connectivity index (χ4n) is 2.90. The molecule has 3 rings (SSSR count). The van der Waals surface area contributed by atoms with Crippen LogP contribution in [0.2, 0.25) is 0 Å². The maximum atomic E-state index is 11.8. The third-order valence-corrected chi connectivity index (χ3v) is 5.84. The van der Waals surface area contributed by atoms with Crippen LogP contribution in [0.15, 0.2) is 29.2 Å². The molecule has 0 spiro atoms. The molecule has 2 aromatic rings. The van der Waals surface area contributed by atoms with Gasteiger partial charge in [-0.2, -0.15) is 0 Å². The van der Waals surface area contributed by atoms with Crippen LogP contribution >= 0.6 is 33.9 Å². The molecule has 0 saturated carbocycles. The van der Waals surface area contributed by atoms with Gasteiger partial charge in [-0.05, 0) is 66.0 Å². The summed E-state index contributed by atoms with van der Waals surface area (Å²) in [6.07, 6.45) is 6.52. The molecule has 5 heteroatoms. The summed E-state index contributed by atoms with van der Waals surface area (Å²) in [5.74, 6) is 0. The van der Waals surface area contributed by atoms with Gasteiger partial charge in [-0.15, -0.1) is 11.3 Å². The standard InChI is InChI=1S/C16H19IN2OS/c1-2-8-19-10-11(6-7-16(19)20)18-13-4-3-5-14-12(13)9-15(17)21-14/h6-7,9-10,13,18H,2-5,8H2,1H3. The molecular formula is C16H19IN2OS. The summed E-state index contributed by atoms with van der Waals surface area (Å²) >= 11 is 4.32. The average Bonchev–Trinajstić information content (AvgIpc) is 2.84. The normalized spacial score (nSPS) is 17.5. The summed E-state index contributed by atoms with van der Waals surface area (Å²) in [6, 6.07) is 6.25. The van der Waals surface area contributed by atoms with Gasteiger partial charge < -0.3 is 9.88 Å². The Labute approximate surface area is 142 Å². The van der Waals surface area contributed by atoms with E-state index >= 15 is 0 Å². The smallest absolute Gasteiger partial charge is 0.250 e. The molecule has 0 aromatic carbocycles. The van der Waals surface area contributed by atoms with Gasteiger partial charge in [0.05, 0.1) is 14.6 Å². The number of aromatic nitrogens is 1. The minimum absolute atomic E-state index is 0.0804. The van der Waals surface area contributed by atoms with Crippen molar-refractivity contribution in [2.24, 2.45) is 0 Å². The minimum atomic E-state index is 0.0804. The highest BCUT2D eigenvalue weighted by molar-refractivity contribution is 14.1. The van der Waals surface area contributed by atoms with E-state index in [0.29, 0.717) is 6.04 Å². The number of nitrogens with zero attached hydrogens (tertiary/aromatic N) is 1. The van der Waals surface area contributed by atoms with E-state index in [4.69, 9.17) is 0 Å². The summed E-state index contributed by atoms with van der Waals surface area (Å²) in [5.41, 5.74) is 2.57. The molecule has 1 N–H and O–H groups in total. The van der Waals surface area contributed by atoms with Crippen LogP contribution in [0.5, 0.6) is 0 Å². The van der Waals surface area contributed by atoms with Crippen molar-refractivity contribution in [1.29, 1.82) is 0 Å². The van der Waals surface area contributed by atoms with Crippen molar-refractivity contribution in [3.05, 3.63) is 48.1 Å². The molecule has 0 saturated heterocycles. The molecule has 0 aliphatic heterocycles. The number of halogens is 1. The second-order valence-electron chi connectivity index (χ2n) is 5.47. The summed E-state index contributed by atoms with van der Waals surface area (Å²) in [6.45, 7) is 2.87. The van der Waals surface area contributed by atoms with Crippen LogP contribution in [0.25, 0.3) is 0 Å². The number of thiophene rings is 1. The molecule has 1 aliphatic carbocycles. The molecule has 21 heavy (non-hydrogen) atoms. The van der Waals surface area contributed by atoms with Crippen molar-refractivity contribution in [2.75, 3.05) is 5.32 Å². The molecule has 1 atom stereocenters. The Morgan fingerprint density at radius 1 is 1.48 bits per heavy atom. The van der Waals surface area contributed by atoms with E-state index in [1.54, 1.807) is 10.6 Å². The first-order chi connectivity index (χ1) is 10.2. The van der Waals surface area contributed by atoms with E-state index in [9.17, 15) is 4.79 Å². The van der Waals surface area contributed by atoms with E-state index in [-0.39, 0.29) is 5.56 Å². The van der Waals surface area contributed by atoms with Crippen LogP contribution in [0.4, 0.5) is 5.69 Å². The fourth-order valence-corrected chi connectivity index (χ4v) is 5.02.